The summed E-state index contributed by atoms with van der Waals surface area (Å²) in [4.78, 5) is 23.1. The first-order valence-electron chi connectivity index (χ1n) is 8.14. The van der Waals surface area contributed by atoms with Gasteiger partial charge in [0.1, 0.15) is 18.8 Å². The number of nitrogens with one attached hydrogen (secondary N) is 2. The summed E-state index contributed by atoms with van der Waals surface area (Å²) in [5.41, 5.74) is 4.10. The number of hydrogen-bond donors (Lipinski definition) is 2. The zero-order valence-corrected chi connectivity index (χ0v) is 14.4. The van der Waals surface area contributed by atoms with Gasteiger partial charge in [-0.15, -0.1) is 6.58 Å². The number of hydrazone groups is 1. The summed E-state index contributed by atoms with van der Waals surface area (Å²) in [5, 5.41) is 6.41. The van der Waals surface area contributed by atoms with Crippen molar-refractivity contribution >= 4 is 18.0 Å². The Morgan fingerprint density at radius 2 is 1.77 bits per heavy atom. The fourth-order valence-electron chi connectivity index (χ4n) is 2.06. The van der Waals surface area contributed by atoms with E-state index in [0.717, 1.165) is 11.1 Å². The lowest BCUT2D eigenvalue weighted by Gasteiger charge is -2.09. The zero-order valence-electron chi connectivity index (χ0n) is 14.4. The molecule has 6 nitrogen and oxygen atoms in total. The van der Waals surface area contributed by atoms with E-state index in [1.807, 2.05) is 54.6 Å². The third-order valence-corrected chi connectivity index (χ3v) is 3.31. The van der Waals surface area contributed by atoms with Crippen molar-refractivity contribution in [3.8, 4) is 5.75 Å². The van der Waals surface area contributed by atoms with Crippen molar-refractivity contribution in [1.82, 2.24) is 10.7 Å². The number of nitrogens with zero attached hydrogens (tertiary/aromatic N) is 1. The molecule has 6 heteroatoms. The highest BCUT2D eigenvalue weighted by Gasteiger charge is 2.07. The van der Waals surface area contributed by atoms with Gasteiger partial charge in [-0.1, -0.05) is 48.5 Å². The Kier molecular flexibility index (Phi) is 7.61. The molecule has 134 valence electrons. The van der Waals surface area contributed by atoms with Crippen molar-refractivity contribution in [1.29, 1.82) is 0 Å². The number of ether oxygens (including phenoxy) is 1. The smallest absolute Gasteiger partial charge is 0.249 e. The molecule has 0 fully saturated rings. The van der Waals surface area contributed by atoms with Crippen molar-refractivity contribution in [3.63, 3.8) is 0 Å². The van der Waals surface area contributed by atoms with Gasteiger partial charge in [-0.05, 0) is 17.7 Å². The van der Waals surface area contributed by atoms with Gasteiger partial charge in [0.15, 0.2) is 0 Å². The lowest BCUT2D eigenvalue weighted by Crippen LogP contribution is -2.29. The topological polar surface area (TPSA) is 79.8 Å². The number of carbonyl (C=O) groups is 2. The third-order valence-electron chi connectivity index (χ3n) is 3.31. The first kappa shape index (κ1) is 18.9. The quantitative estimate of drug-likeness (QED) is 0.315. The lowest BCUT2D eigenvalue weighted by molar-refractivity contribution is -0.129. The lowest BCUT2D eigenvalue weighted by atomic mass is 10.2. The van der Waals surface area contributed by atoms with Gasteiger partial charge in [0, 0.05) is 12.1 Å². The molecule has 0 saturated heterocycles. The average molecular weight is 351 g/mol. The molecule has 0 saturated carbocycles. The molecule has 0 aliphatic heterocycles. The van der Waals surface area contributed by atoms with Gasteiger partial charge >= 0.3 is 0 Å². The molecule has 0 heterocycles. The first-order valence-corrected chi connectivity index (χ1v) is 8.14. The SMILES string of the molecule is C=CCNC(=O)CC(=O)N/N=C\c1ccccc1OCc1ccccc1. The summed E-state index contributed by atoms with van der Waals surface area (Å²) in [6.45, 7) is 4.24. The summed E-state index contributed by atoms with van der Waals surface area (Å²) in [7, 11) is 0. The van der Waals surface area contributed by atoms with Crippen molar-refractivity contribution in [2.24, 2.45) is 5.10 Å². The van der Waals surface area contributed by atoms with Gasteiger partial charge < -0.3 is 10.1 Å². The number of hydrogen-bond acceptors (Lipinski definition) is 4. The van der Waals surface area contributed by atoms with Crippen LogP contribution in [0.25, 0.3) is 0 Å². The number of benzene rings is 2. The molecular weight excluding hydrogens is 330 g/mol. The summed E-state index contributed by atoms with van der Waals surface area (Å²) in [6.07, 6.45) is 2.73. The maximum Gasteiger partial charge on any atom is 0.249 e. The van der Waals surface area contributed by atoms with E-state index in [9.17, 15) is 9.59 Å². The number of rotatable bonds is 9. The van der Waals surface area contributed by atoms with Crippen molar-refractivity contribution in [3.05, 3.63) is 78.4 Å². The Hall–Kier alpha value is -3.41. The minimum absolute atomic E-state index is 0.294. The van der Waals surface area contributed by atoms with Gasteiger partial charge in [-0.25, -0.2) is 5.43 Å². The van der Waals surface area contributed by atoms with Gasteiger partial charge in [0.2, 0.25) is 11.8 Å². The maximum atomic E-state index is 11.7. The van der Waals surface area contributed by atoms with Crippen LogP contribution in [0.5, 0.6) is 5.75 Å². The van der Waals surface area contributed by atoms with Crippen molar-refractivity contribution < 1.29 is 14.3 Å². The molecule has 0 unspecified atom stereocenters. The van der Waals surface area contributed by atoms with Crippen LogP contribution in [0, 0.1) is 0 Å². The first-order chi connectivity index (χ1) is 12.7. The van der Waals surface area contributed by atoms with Gasteiger partial charge in [-0.3, -0.25) is 9.59 Å². The molecule has 2 aromatic carbocycles. The Labute approximate surface area is 152 Å². The summed E-state index contributed by atoms with van der Waals surface area (Å²) < 4.78 is 5.81. The maximum absolute atomic E-state index is 11.7. The Balaban J connectivity index is 1.88. The van der Waals surface area contributed by atoms with Crippen LogP contribution in [0.1, 0.15) is 17.5 Å². The monoisotopic (exact) mass is 351 g/mol. The molecule has 2 rings (SSSR count). The standard InChI is InChI=1S/C20H21N3O3/c1-2-12-21-19(24)13-20(25)23-22-14-17-10-6-7-11-18(17)26-15-16-8-4-3-5-9-16/h2-11,14H,1,12-13,15H2,(H,21,24)(H,23,25)/b22-14-. The zero-order chi connectivity index (χ0) is 18.6. The Morgan fingerprint density at radius 1 is 1.04 bits per heavy atom. The Morgan fingerprint density at radius 3 is 2.54 bits per heavy atom. The van der Waals surface area contributed by atoms with E-state index in [1.54, 1.807) is 6.08 Å². The predicted octanol–water partition coefficient (Wildman–Crippen LogP) is 2.41. The van der Waals surface area contributed by atoms with Crippen LogP contribution in [0.3, 0.4) is 0 Å². The van der Waals surface area contributed by atoms with E-state index in [2.05, 4.69) is 22.4 Å². The number of carbonyl (C=O) groups excluding carboxylic acids is 2. The summed E-state index contributed by atoms with van der Waals surface area (Å²) in [5.74, 6) is -0.229. The van der Waals surface area contributed by atoms with Crippen LogP contribution in [0.2, 0.25) is 0 Å². The van der Waals surface area contributed by atoms with Crippen LogP contribution in [-0.2, 0) is 16.2 Å². The molecule has 2 amide bonds. The molecule has 0 aromatic heterocycles. The third kappa shape index (κ3) is 6.60. The van der Waals surface area contributed by atoms with Crippen LogP contribution in [0.15, 0.2) is 72.4 Å². The second kappa shape index (κ2) is 10.5. The fourth-order valence-corrected chi connectivity index (χ4v) is 2.06. The van der Waals surface area contributed by atoms with Crippen LogP contribution in [0.4, 0.5) is 0 Å². The predicted molar refractivity (Wildman–Crippen MR) is 101 cm³/mol. The highest BCUT2D eigenvalue weighted by Crippen LogP contribution is 2.17. The highest BCUT2D eigenvalue weighted by molar-refractivity contribution is 5.97. The minimum atomic E-state index is -0.495. The number of amides is 2. The molecule has 0 radical (unpaired) electrons. The molecule has 0 spiro atoms. The van der Waals surface area contributed by atoms with Crippen molar-refractivity contribution in [2.45, 2.75) is 13.0 Å². The van der Waals surface area contributed by atoms with Gasteiger partial charge in [-0.2, -0.15) is 5.10 Å². The average Bonchev–Trinajstić information content (AvgIpc) is 2.66. The van der Waals surface area contributed by atoms with E-state index < -0.39 is 5.91 Å². The molecule has 2 aromatic rings. The summed E-state index contributed by atoms with van der Waals surface area (Å²) in [6, 6.07) is 17.2. The van der Waals surface area contributed by atoms with E-state index in [1.165, 1.54) is 6.21 Å². The van der Waals surface area contributed by atoms with Crippen molar-refractivity contribution in [2.75, 3.05) is 6.54 Å². The molecule has 0 aliphatic rings. The van der Waals surface area contributed by atoms with Crippen LogP contribution >= 0.6 is 0 Å². The second-order valence-electron chi connectivity index (χ2n) is 5.37. The molecule has 0 bridgehead atoms. The largest absolute Gasteiger partial charge is 0.488 e. The normalized spacial score (nSPS) is 10.3. The van der Waals surface area contributed by atoms with Crippen LogP contribution in [-0.4, -0.2) is 24.6 Å². The van der Waals surface area contributed by atoms with E-state index >= 15 is 0 Å². The highest BCUT2D eigenvalue weighted by atomic mass is 16.5. The fraction of sp³-hybridized carbons (Fsp3) is 0.150. The van der Waals surface area contributed by atoms with Gasteiger partial charge in [0.05, 0.1) is 6.21 Å². The molecule has 0 atom stereocenters. The molecule has 26 heavy (non-hydrogen) atoms. The van der Waals surface area contributed by atoms with E-state index in [4.69, 9.17) is 4.74 Å². The van der Waals surface area contributed by atoms with Crippen LogP contribution < -0.4 is 15.5 Å². The van der Waals surface area contributed by atoms with E-state index in [0.29, 0.717) is 18.9 Å². The Bertz CT molecular complexity index is 773. The van der Waals surface area contributed by atoms with Gasteiger partial charge in [0.25, 0.3) is 0 Å². The molecule has 2 N–H and O–H groups in total. The van der Waals surface area contributed by atoms with E-state index in [-0.39, 0.29) is 12.3 Å². The number of para-hydroxylation sites is 1. The summed E-state index contributed by atoms with van der Waals surface area (Å²) >= 11 is 0. The molecular formula is C20H21N3O3. The minimum Gasteiger partial charge on any atom is -0.488 e. The second-order valence-corrected chi connectivity index (χ2v) is 5.37. The molecule has 0 aliphatic carbocycles.